The second-order valence-corrected chi connectivity index (χ2v) is 3.86. The SMILES string of the molecule is O=C(Nc1ccccc1)O[C@@H](C(F)(F)F)C(F)(F)Cl. The first-order valence-electron chi connectivity index (χ1n) is 4.77. The normalized spacial score (nSPS) is 13.8. The molecule has 0 aromatic heterocycles. The second-order valence-electron chi connectivity index (χ2n) is 3.36. The number of alkyl halides is 6. The molecule has 0 saturated heterocycles. The molecule has 1 amide bonds. The number of para-hydroxylation sites is 1. The fourth-order valence-electron chi connectivity index (χ4n) is 1.10. The summed E-state index contributed by atoms with van der Waals surface area (Å²) in [6, 6.07) is 7.22. The number of carbonyl (C=O) groups is 1. The monoisotopic (exact) mass is 303 g/mol. The third-order valence-corrected chi connectivity index (χ3v) is 2.04. The van der Waals surface area contributed by atoms with Gasteiger partial charge in [0.1, 0.15) is 0 Å². The number of halogens is 6. The van der Waals surface area contributed by atoms with Gasteiger partial charge < -0.3 is 4.74 Å². The van der Waals surface area contributed by atoms with Crippen LogP contribution in [0.2, 0.25) is 0 Å². The summed E-state index contributed by atoms with van der Waals surface area (Å²) in [4.78, 5) is 11.1. The summed E-state index contributed by atoms with van der Waals surface area (Å²) in [7, 11) is 0. The standard InChI is InChI=1S/C10H7ClF5NO2/c11-9(12,13)7(10(14,15)16)19-8(18)17-6-4-2-1-3-5-6/h1-5,7H,(H,17,18)/t7-/m1/s1. The minimum absolute atomic E-state index is 0.0892. The third-order valence-electron chi connectivity index (χ3n) is 1.84. The van der Waals surface area contributed by atoms with Crippen molar-refractivity contribution in [2.75, 3.05) is 5.32 Å². The van der Waals surface area contributed by atoms with Gasteiger partial charge in [0.2, 0.25) is 0 Å². The zero-order valence-corrected chi connectivity index (χ0v) is 9.80. The van der Waals surface area contributed by atoms with Crippen LogP contribution < -0.4 is 5.32 Å². The van der Waals surface area contributed by atoms with Gasteiger partial charge in [-0.3, -0.25) is 5.32 Å². The molecule has 0 aliphatic heterocycles. The van der Waals surface area contributed by atoms with Crippen molar-refractivity contribution in [1.29, 1.82) is 0 Å². The van der Waals surface area contributed by atoms with E-state index < -0.39 is 23.8 Å². The van der Waals surface area contributed by atoms with Crippen molar-refractivity contribution in [3.05, 3.63) is 30.3 Å². The summed E-state index contributed by atoms with van der Waals surface area (Å²) in [6.07, 6.45) is -10.9. The molecule has 1 aromatic rings. The molecule has 0 saturated carbocycles. The number of anilines is 1. The fourth-order valence-corrected chi connectivity index (χ4v) is 1.26. The number of hydrogen-bond acceptors (Lipinski definition) is 2. The molecule has 0 aliphatic rings. The Hall–Kier alpha value is -1.57. The summed E-state index contributed by atoms with van der Waals surface area (Å²) in [5.41, 5.74) is 0.0892. The van der Waals surface area contributed by atoms with E-state index in [4.69, 9.17) is 0 Å². The Labute approximate surface area is 109 Å². The van der Waals surface area contributed by atoms with Crippen LogP contribution in [0.15, 0.2) is 30.3 Å². The number of rotatable bonds is 3. The highest BCUT2D eigenvalue weighted by atomic mass is 35.5. The first-order chi connectivity index (χ1) is 8.60. The molecule has 1 N–H and O–H groups in total. The molecule has 0 radical (unpaired) electrons. The molecule has 3 nitrogen and oxygen atoms in total. The van der Waals surface area contributed by atoms with E-state index in [-0.39, 0.29) is 5.69 Å². The molecule has 0 spiro atoms. The van der Waals surface area contributed by atoms with Crippen LogP contribution in [0.1, 0.15) is 0 Å². The number of hydrogen-bond donors (Lipinski definition) is 1. The van der Waals surface area contributed by atoms with Crippen molar-refractivity contribution in [2.45, 2.75) is 17.7 Å². The molecule has 9 heteroatoms. The van der Waals surface area contributed by atoms with Crippen LogP contribution in [0.25, 0.3) is 0 Å². The molecule has 106 valence electrons. The quantitative estimate of drug-likeness (QED) is 0.677. The topological polar surface area (TPSA) is 38.3 Å². The number of benzene rings is 1. The molecule has 0 fully saturated rings. The molecular formula is C10H7ClF5NO2. The Kier molecular flexibility index (Phi) is 4.56. The molecule has 19 heavy (non-hydrogen) atoms. The summed E-state index contributed by atoms with van der Waals surface area (Å²) >= 11 is 4.27. The Morgan fingerprint density at radius 1 is 1.16 bits per heavy atom. The van der Waals surface area contributed by atoms with E-state index in [2.05, 4.69) is 16.3 Å². The van der Waals surface area contributed by atoms with E-state index in [1.165, 1.54) is 24.3 Å². The highest BCUT2D eigenvalue weighted by molar-refractivity contribution is 6.22. The Morgan fingerprint density at radius 3 is 2.11 bits per heavy atom. The van der Waals surface area contributed by atoms with Gasteiger partial charge in [0.25, 0.3) is 6.10 Å². The molecule has 1 atom stereocenters. The first kappa shape index (κ1) is 15.5. The van der Waals surface area contributed by atoms with Crippen molar-refractivity contribution >= 4 is 23.4 Å². The van der Waals surface area contributed by atoms with Crippen molar-refractivity contribution in [1.82, 2.24) is 0 Å². The molecule has 1 aromatic carbocycles. The van der Waals surface area contributed by atoms with Gasteiger partial charge in [-0.25, -0.2) is 4.79 Å². The lowest BCUT2D eigenvalue weighted by molar-refractivity contribution is -0.245. The zero-order chi connectivity index (χ0) is 14.7. The number of amides is 1. The van der Waals surface area contributed by atoms with E-state index in [0.29, 0.717) is 0 Å². The highest BCUT2D eigenvalue weighted by Gasteiger charge is 2.58. The maximum atomic E-state index is 12.5. The third kappa shape index (κ3) is 4.90. The summed E-state index contributed by atoms with van der Waals surface area (Å²) < 4.78 is 65.4. The van der Waals surface area contributed by atoms with Crippen molar-refractivity contribution < 1.29 is 31.5 Å². The second kappa shape index (κ2) is 5.60. The Bertz CT molecular complexity index is 418. The summed E-state index contributed by atoms with van der Waals surface area (Å²) in [6.45, 7) is 0. The largest absolute Gasteiger partial charge is 0.433 e. The van der Waals surface area contributed by atoms with Gasteiger partial charge >= 0.3 is 17.7 Å². The van der Waals surface area contributed by atoms with E-state index in [1.807, 2.05) is 5.32 Å². The smallest absolute Gasteiger partial charge is 0.428 e. The van der Waals surface area contributed by atoms with Crippen LogP contribution in [-0.4, -0.2) is 23.8 Å². The van der Waals surface area contributed by atoms with Crippen LogP contribution in [0.4, 0.5) is 32.4 Å². The minimum atomic E-state index is -5.49. The number of ether oxygens (including phenoxy) is 1. The molecule has 0 bridgehead atoms. The van der Waals surface area contributed by atoms with Gasteiger partial charge in [-0.1, -0.05) is 18.2 Å². The summed E-state index contributed by atoms with van der Waals surface area (Å²) in [5.74, 6) is 0. The zero-order valence-electron chi connectivity index (χ0n) is 9.05. The predicted octanol–water partition coefficient (Wildman–Crippen LogP) is 4.00. The maximum Gasteiger partial charge on any atom is 0.433 e. The number of carbonyl (C=O) groups excluding carboxylic acids is 1. The molecule has 0 heterocycles. The minimum Gasteiger partial charge on any atom is -0.428 e. The van der Waals surface area contributed by atoms with Gasteiger partial charge in [0.05, 0.1) is 0 Å². The van der Waals surface area contributed by atoms with Crippen LogP contribution >= 0.6 is 11.6 Å². The van der Waals surface area contributed by atoms with Gasteiger partial charge in [0, 0.05) is 5.69 Å². The average molecular weight is 304 g/mol. The van der Waals surface area contributed by atoms with Crippen molar-refractivity contribution in [3.8, 4) is 0 Å². The lowest BCUT2D eigenvalue weighted by Gasteiger charge is -2.23. The van der Waals surface area contributed by atoms with Gasteiger partial charge in [0.15, 0.2) is 0 Å². The average Bonchev–Trinajstić information content (AvgIpc) is 2.24. The van der Waals surface area contributed by atoms with E-state index in [9.17, 15) is 26.7 Å². The lowest BCUT2D eigenvalue weighted by atomic mass is 10.3. The van der Waals surface area contributed by atoms with Crippen molar-refractivity contribution in [2.24, 2.45) is 0 Å². The number of nitrogens with one attached hydrogen (secondary N) is 1. The molecule has 0 aliphatic carbocycles. The molecular weight excluding hydrogens is 297 g/mol. The fraction of sp³-hybridized carbons (Fsp3) is 0.300. The molecule has 1 rings (SSSR count). The summed E-state index contributed by atoms with van der Waals surface area (Å²) in [5, 5.41) is -2.89. The maximum absolute atomic E-state index is 12.5. The van der Waals surface area contributed by atoms with E-state index in [0.717, 1.165) is 0 Å². The Morgan fingerprint density at radius 2 is 1.68 bits per heavy atom. The van der Waals surface area contributed by atoms with Gasteiger partial charge in [-0.15, -0.1) is 0 Å². The van der Waals surface area contributed by atoms with Crippen LogP contribution in [-0.2, 0) is 4.74 Å². The van der Waals surface area contributed by atoms with Crippen LogP contribution in [0.5, 0.6) is 0 Å². The van der Waals surface area contributed by atoms with Gasteiger partial charge in [-0.05, 0) is 23.7 Å². The first-order valence-corrected chi connectivity index (χ1v) is 5.14. The van der Waals surface area contributed by atoms with E-state index >= 15 is 0 Å². The van der Waals surface area contributed by atoms with Crippen molar-refractivity contribution in [3.63, 3.8) is 0 Å². The van der Waals surface area contributed by atoms with Gasteiger partial charge in [-0.2, -0.15) is 22.0 Å². The van der Waals surface area contributed by atoms with Crippen LogP contribution in [0, 0.1) is 0 Å². The molecule has 0 unspecified atom stereocenters. The highest BCUT2D eigenvalue weighted by Crippen LogP contribution is 2.37. The Balaban J connectivity index is 2.73. The predicted molar refractivity (Wildman–Crippen MR) is 57.2 cm³/mol. The lowest BCUT2D eigenvalue weighted by Crippen LogP contribution is -2.45. The van der Waals surface area contributed by atoms with E-state index in [1.54, 1.807) is 6.07 Å². The van der Waals surface area contributed by atoms with Crippen LogP contribution in [0.3, 0.4) is 0 Å².